The molecule has 0 radical (unpaired) electrons. The second kappa shape index (κ2) is 13.3. The van der Waals surface area contributed by atoms with Crippen LogP contribution in [0.1, 0.15) is 69.6 Å². The molecule has 278 valence electrons. The molecule has 53 heavy (non-hydrogen) atoms. The molecule has 5 atom stereocenters. The van der Waals surface area contributed by atoms with Gasteiger partial charge < -0.3 is 34.2 Å². The van der Waals surface area contributed by atoms with Gasteiger partial charge in [0.15, 0.2) is 5.60 Å². The maximum atomic E-state index is 15.3. The summed E-state index contributed by atoms with van der Waals surface area (Å²) in [5, 5.41) is 10.1. The van der Waals surface area contributed by atoms with Gasteiger partial charge in [-0.25, -0.2) is 0 Å². The Bertz CT molecular complexity index is 1950. The summed E-state index contributed by atoms with van der Waals surface area (Å²) in [6, 6.07) is 21.2. The number of aliphatic hydroxyl groups is 1. The molecule has 1 N–H and O–H groups in total. The Hall–Kier alpha value is -4.74. The molecule has 0 unspecified atom stereocenters. The summed E-state index contributed by atoms with van der Waals surface area (Å²) in [4.78, 5) is 61.2. The third kappa shape index (κ3) is 5.62. The third-order valence-corrected chi connectivity index (χ3v) is 12.7. The minimum absolute atomic E-state index is 0.0346. The lowest BCUT2D eigenvalue weighted by atomic mass is 9.63. The number of hydrogen-bond acceptors (Lipinski definition) is 7. The standard InChI is InChI=1S/C42H48N4O7/c1-26-39(41(2,3)28-9-14-32(52-4)15-10-28)35(23-38(50)43-19-5-6-31(43)25-47)53-42(26)33-22-30(45-21-18-37(45)49)13-16-34(33)46(40(42)51)24-27-7-11-29(12-8-27)44-20-17-36(44)48/h7-16,22,26,31,35,39,47H,5-6,17-21,23-25H2,1-4H3/t26-,31+,35+,39-,42+/m1/s1. The highest BCUT2D eigenvalue weighted by molar-refractivity contribution is 6.09. The smallest absolute Gasteiger partial charge is 0.264 e. The van der Waals surface area contributed by atoms with Crippen LogP contribution in [-0.4, -0.2) is 79.1 Å². The summed E-state index contributed by atoms with van der Waals surface area (Å²) >= 11 is 0. The highest BCUT2D eigenvalue weighted by Crippen LogP contribution is 2.60. The van der Waals surface area contributed by atoms with Gasteiger partial charge in [0.25, 0.3) is 5.91 Å². The largest absolute Gasteiger partial charge is 0.497 e. The van der Waals surface area contributed by atoms with E-state index in [1.165, 1.54) is 0 Å². The lowest BCUT2D eigenvalue weighted by Crippen LogP contribution is -2.46. The van der Waals surface area contributed by atoms with Crippen molar-refractivity contribution in [1.29, 1.82) is 0 Å². The molecule has 11 heteroatoms. The number of rotatable bonds is 10. The van der Waals surface area contributed by atoms with Crippen LogP contribution in [0.25, 0.3) is 0 Å². The van der Waals surface area contributed by atoms with E-state index in [0.29, 0.717) is 43.7 Å². The molecule has 5 aliphatic rings. The predicted octanol–water partition coefficient (Wildman–Crippen LogP) is 4.91. The number of carbonyl (C=O) groups is 4. The van der Waals surface area contributed by atoms with Crippen molar-refractivity contribution in [2.75, 3.05) is 48.1 Å². The summed E-state index contributed by atoms with van der Waals surface area (Å²) < 4.78 is 12.7. The number of likely N-dealkylation sites (tertiary alicyclic amines) is 1. The molecule has 1 spiro atoms. The average Bonchev–Trinajstić information content (AvgIpc) is 3.81. The zero-order valence-electron chi connectivity index (χ0n) is 30.9. The van der Waals surface area contributed by atoms with Crippen LogP contribution >= 0.6 is 0 Å². The number of amides is 4. The predicted molar refractivity (Wildman–Crippen MR) is 200 cm³/mol. The van der Waals surface area contributed by atoms with Crippen LogP contribution < -0.4 is 19.4 Å². The highest BCUT2D eigenvalue weighted by Gasteiger charge is 2.66. The van der Waals surface area contributed by atoms with Crippen LogP contribution in [0.15, 0.2) is 66.7 Å². The normalized spacial score (nSPS) is 26.7. The Labute approximate surface area is 310 Å². The van der Waals surface area contributed by atoms with Crippen molar-refractivity contribution in [2.45, 2.75) is 82.6 Å². The van der Waals surface area contributed by atoms with E-state index in [1.54, 1.807) is 26.7 Å². The van der Waals surface area contributed by atoms with Crippen LogP contribution in [0.3, 0.4) is 0 Å². The average molecular weight is 721 g/mol. The first-order chi connectivity index (χ1) is 25.5. The Morgan fingerprint density at radius 2 is 1.58 bits per heavy atom. The van der Waals surface area contributed by atoms with Crippen LogP contribution in [0.2, 0.25) is 0 Å². The molecule has 0 aliphatic carbocycles. The van der Waals surface area contributed by atoms with Gasteiger partial charge in [0.1, 0.15) is 5.75 Å². The van der Waals surface area contributed by atoms with Crippen molar-refractivity contribution >= 4 is 40.7 Å². The minimum atomic E-state index is -1.43. The molecule has 8 rings (SSSR count). The molecular weight excluding hydrogens is 672 g/mol. The van der Waals surface area contributed by atoms with E-state index in [-0.39, 0.29) is 61.1 Å². The fourth-order valence-electron chi connectivity index (χ4n) is 9.61. The topological polar surface area (TPSA) is 120 Å². The van der Waals surface area contributed by atoms with Gasteiger partial charge in [-0.2, -0.15) is 0 Å². The number of nitrogens with zero attached hydrogens (tertiary/aromatic N) is 4. The van der Waals surface area contributed by atoms with Gasteiger partial charge in [0.05, 0.1) is 44.5 Å². The number of benzene rings is 3. The number of aliphatic hydroxyl groups excluding tert-OH is 1. The van der Waals surface area contributed by atoms with Crippen molar-refractivity contribution in [1.82, 2.24) is 4.90 Å². The van der Waals surface area contributed by atoms with Crippen LogP contribution in [0.4, 0.5) is 17.1 Å². The number of fused-ring (bicyclic) bond motifs is 2. The quantitative estimate of drug-likeness (QED) is 0.296. The van der Waals surface area contributed by atoms with E-state index in [0.717, 1.165) is 41.1 Å². The van der Waals surface area contributed by atoms with Crippen molar-refractivity contribution in [3.05, 3.63) is 83.4 Å². The zero-order chi connectivity index (χ0) is 37.2. The molecule has 3 aromatic carbocycles. The SMILES string of the molecule is COc1ccc(C(C)(C)[C@H]2[C@H](CC(=O)N3CCC[C@H]3CO)O[C@@]3(C(=O)N(Cc4ccc(N5CCC5=O)cc4)c4ccc(N5CCC5=O)cc43)[C@@H]2C)cc1. The molecule has 4 fully saturated rings. The lowest BCUT2D eigenvalue weighted by Gasteiger charge is -2.39. The molecule has 4 saturated heterocycles. The fraction of sp³-hybridized carbons (Fsp3) is 0.476. The number of methoxy groups -OCH3 is 1. The van der Waals surface area contributed by atoms with Crippen molar-refractivity contribution in [2.24, 2.45) is 11.8 Å². The first-order valence-electron chi connectivity index (χ1n) is 18.9. The Kier molecular flexibility index (Phi) is 8.85. The molecule has 5 heterocycles. The fourth-order valence-corrected chi connectivity index (χ4v) is 9.61. The van der Waals surface area contributed by atoms with E-state index < -0.39 is 17.1 Å². The number of anilines is 3. The van der Waals surface area contributed by atoms with E-state index in [9.17, 15) is 19.5 Å². The molecule has 0 bridgehead atoms. The van der Waals surface area contributed by atoms with Crippen LogP contribution in [0.5, 0.6) is 5.75 Å². The molecule has 11 nitrogen and oxygen atoms in total. The zero-order valence-corrected chi connectivity index (χ0v) is 30.9. The van der Waals surface area contributed by atoms with Gasteiger partial charge in [0.2, 0.25) is 17.7 Å². The summed E-state index contributed by atoms with van der Waals surface area (Å²) in [7, 11) is 1.63. The van der Waals surface area contributed by atoms with Gasteiger partial charge in [0, 0.05) is 61.2 Å². The van der Waals surface area contributed by atoms with Gasteiger partial charge in [-0.05, 0) is 71.8 Å². The maximum Gasteiger partial charge on any atom is 0.264 e. The highest BCUT2D eigenvalue weighted by atomic mass is 16.5. The number of carbonyl (C=O) groups excluding carboxylic acids is 4. The third-order valence-electron chi connectivity index (χ3n) is 12.7. The first-order valence-corrected chi connectivity index (χ1v) is 18.9. The van der Waals surface area contributed by atoms with E-state index in [4.69, 9.17) is 9.47 Å². The van der Waals surface area contributed by atoms with Gasteiger partial charge in [-0.3, -0.25) is 19.2 Å². The molecule has 0 saturated carbocycles. The van der Waals surface area contributed by atoms with Crippen LogP contribution in [0, 0.1) is 11.8 Å². The van der Waals surface area contributed by atoms with Crippen molar-refractivity contribution in [3.63, 3.8) is 0 Å². The first kappa shape index (κ1) is 35.3. The second-order valence-electron chi connectivity index (χ2n) is 15.8. The van der Waals surface area contributed by atoms with Crippen molar-refractivity contribution < 1.29 is 33.8 Å². The number of β-lactam (4-membered cyclic amide) rings is 2. The number of hydrogen-bond donors (Lipinski definition) is 1. The summed E-state index contributed by atoms with van der Waals surface area (Å²) in [6.07, 6.45) is 2.05. The second-order valence-corrected chi connectivity index (χ2v) is 15.8. The number of ether oxygens (including phenoxy) is 2. The Balaban J connectivity index is 1.21. The minimum Gasteiger partial charge on any atom is -0.497 e. The van der Waals surface area contributed by atoms with Gasteiger partial charge >= 0.3 is 0 Å². The maximum absolute atomic E-state index is 15.3. The molecule has 3 aromatic rings. The summed E-state index contributed by atoms with van der Waals surface area (Å²) in [5.74, 6) is -0.0852. The lowest BCUT2D eigenvalue weighted by molar-refractivity contribution is -0.150. The van der Waals surface area contributed by atoms with E-state index >= 15 is 4.79 Å². The van der Waals surface area contributed by atoms with Gasteiger partial charge in [-0.1, -0.05) is 45.0 Å². The van der Waals surface area contributed by atoms with Crippen molar-refractivity contribution in [3.8, 4) is 5.75 Å². The van der Waals surface area contributed by atoms with E-state index in [2.05, 4.69) is 20.8 Å². The Morgan fingerprint density at radius 3 is 2.19 bits per heavy atom. The molecule has 4 amide bonds. The molecular formula is C42H48N4O7. The summed E-state index contributed by atoms with van der Waals surface area (Å²) in [6.45, 7) is 8.45. The monoisotopic (exact) mass is 720 g/mol. The Morgan fingerprint density at radius 1 is 0.925 bits per heavy atom. The summed E-state index contributed by atoms with van der Waals surface area (Å²) in [5.41, 5.74) is 2.94. The van der Waals surface area contributed by atoms with E-state index in [1.807, 2.05) is 66.7 Å². The molecule has 0 aromatic heterocycles. The van der Waals surface area contributed by atoms with Crippen LogP contribution in [-0.2, 0) is 41.5 Å². The molecule has 5 aliphatic heterocycles. The van der Waals surface area contributed by atoms with Gasteiger partial charge in [-0.15, -0.1) is 0 Å².